The zero-order chi connectivity index (χ0) is 38.0. The van der Waals surface area contributed by atoms with Gasteiger partial charge in [0.25, 0.3) is 5.91 Å². The van der Waals surface area contributed by atoms with Crippen molar-refractivity contribution in [2.45, 2.75) is 161 Å². The molecular formula is C41H66N6O6. The Labute approximate surface area is 316 Å². The number of nitrogens with two attached hydrogens (primary N) is 1. The summed E-state index contributed by atoms with van der Waals surface area (Å²) in [4.78, 5) is 72.6. The molecule has 12 heteroatoms. The highest BCUT2D eigenvalue weighted by Gasteiger charge is 2.85. The lowest BCUT2D eigenvalue weighted by molar-refractivity contribution is -0.143. The van der Waals surface area contributed by atoms with Gasteiger partial charge in [0.1, 0.15) is 12.1 Å². The molecule has 5 aliphatic carbocycles. The van der Waals surface area contributed by atoms with E-state index in [9.17, 15) is 24.0 Å². The number of primary amides is 1. The van der Waals surface area contributed by atoms with Crippen molar-refractivity contribution in [3.63, 3.8) is 0 Å². The summed E-state index contributed by atoms with van der Waals surface area (Å²) in [6, 6.07) is -3.13. The second-order valence-corrected chi connectivity index (χ2v) is 19.8. The van der Waals surface area contributed by atoms with E-state index in [2.05, 4.69) is 34.7 Å². The number of fused-ring (bicyclic) bond motifs is 1. The molecule has 0 aromatic carbocycles. The molecule has 2 aliphatic heterocycles. The molecule has 5 N–H and O–H groups in total. The number of nitrogens with zero attached hydrogens (tertiary/aromatic N) is 2. The number of urea groups is 1. The Kier molecular flexibility index (Phi) is 10.2. The lowest BCUT2D eigenvalue weighted by Gasteiger charge is -2.40. The number of likely N-dealkylation sites (tertiary alicyclic amines) is 1. The minimum atomic E-state index is -1.06. The van der Waals surface area contributed by atoms with Crippen molar-refractivity contribution < 1.29 is 28.7 Å². The van der Waals surface area contributed by atoms with E-state index in [0.717, 1.165) is 96.7 Å². The van der Waals surface area contributed by atoms with Crippen molar-refractivity contribution in [2.75, 3.05) is 32.8 Å². The molecule has 3 unspecified atom stereocenters. The van der Waals surface area contributed by atoms with Crippen LogP contribution < -0.4 is 21.7 Å². The maximum atomic E-state index is 15.0. The third kappa shape index (κ3) is 7.02. The van der Waals surface area contributed by atoms with E-state index in [1.165, 1.54) is 6.42 Å². The van der Waals surface area contributed by atoms with Gasteiger partial charge in [0.2, 0.25) is 17.6 Å². The highest BCUT2D eigenvalue weighted by atomic mass is 16.5. The Morgan fingerprint density at radius 3 is 2.09 bits per heavy atom. The monoisotopic (exact) mass is 739 g/mol. The summed E-state index contributed by atoms with van der Waals surface area (Å²) in [7, 11) is 0. The predicted molar refractivity (Wildman–Crippen MR) is 200 cm³/mol. The number of rotatable bonds is 12. The second kappa shape index (κ2) is 14.1. The van der Waals surface area contributed by atoms with Crippen LogP contribution in [-0.4, -0.2) is 102 Å². The number of amides is 5. The number of morpholine rings is 1. The Hall–Kier alpha value is -2.73. The topological polar surface area (TPSA) is 163 Å². The second-order valence-electron chi connectivity index (χ2n) is 19.8. The van der Waals surface area contributed by atoms with Gasteiger partial charge >= 0.3 is 6.03 Å². The lowest BCUT2D eigenvalue weighted by atomic mass is 9.73. The Morgan fingerprint density at radius 1 is 0.849 bits per heavy atom. The van der Waals surface area contributed by atoms with Gasteiger partial charge in [0.15, 0.2) is 0 Å². The zero-order valence-electron chi connectivity index (χ0n) is 33.0. The molecule has 7 aliphatic rings. The Balaban J connectivity index is 1.10. The highest BCUT2D eigenvalue weighted by molar-refractivity contribution is 6.37. The molecule has 0 aromatic heterocycles. The number of carbonyl (C=O) groups excluding carboxylic acids is 5. The van der Waals surface area contributed by atoms with Crippen molar-refractivity contribution >= 4 is 29.5 Å². The summed E-state index contributed by atoms with van der Waals surface area (Å²) < 4.78 is 6.08. The first-order chi connectivity index (χ1) is 25.0. The van der Waals surface area contributed by atoms with Gasteiger partial charge in [0, 0.05) is 37.6 Å². The summed E-state index contributed by atoms with van der Waals surface area (Å²) in [5.41, 5.74) is 4.56. The van der Waals surface area contributed by atoms with Crippen molar-refractivity contribution in [3.05, 3.63) is 0 Å². The van der Waals surface area contributed by atoms with Crippen LogP contribution in [0.1, 0.15) is 131 Å². The van der Waals surface area contributed by atoms with Gasteiger partial charge in [-0.3, -0.25) is 24.1 Å². The summed E-state index contributed by atoms with van der Waals surface area (Å²) >= 11 is 0. The summed E-state index contributed by atoms with van der Waals surface area (Å²) in [6.07, 6.45) is 15.0. The number of carbonyl (C=O) groups is 5. The summed E-state index contributed by atoms with van der Waals surface area (Å²) in [5, 5.41) is 9.39. The quantitative estimate of drug-likeness (QED) is 0.220. The van der Waals surface area contributed by atoms with Crippen LogP contribution in [0.4, 0.5) is 4.79 Å². The molecule has 0 aromatic rings. The molecule has 53 heavy (non-hydrogen) atoms. The molecule has 5 amide bonds. The van der Waals surface area contributed by atoms with Crippen molar-refractivity contribution in [3.8, 4) is 0 Å². The molecule has 7 fully saturated rings. The van der Waals surface area contributed by atoms with Crippen LogP contribution in [0.15, 0.2) is 0 Å². The van der Waals surface area contributed by atoms with Gasteiger partial charge < -0.3 is 31.3 Å². The fraction of sp³-hybridized carbons (Fsp3) is 0.878. The van der Waals surface area contributed by atoms with E-state index in [1.54, 1.807) is 4.90 Å². The minimum Gasteiger partial charge on any atom is -0.372 e. The SMILES string of the molecule is CC(C)(C)C(NC(=O)N[C@H](CN1CCOC2(CC2)C1)C1CCCCC1)C(=O)N1CC2(C[C@H]1C(=O)NC(CC1CCC1)C(=O)C(N)=O)C(C)(C)C21CCC1. The van der Waals surface area contributed by atoms with Gasteiger partial charge in [-0.1, -0.05) is 79.6 Å². The van der Waals surface area contributed by atoms with Crippen LogP contribution in [0.25, 0.3) is 0 Å². The molecule has 0 bridgehead atoms. The standard InChI is InChI=1S/C41H66N6O6/c1-37(2,3)32(45-36(52)44-29(27-13-7-6-8-14-27)23-46-19-20-53-39(24-46)17-18-39)35(51)47-25-41(38(4,5)40(41)15-10-16-40)22-30(47)34(50)43-28(31(48)33(42)49)21-26-11-9-12-26/h26-30,32H,6-25H2,1-5H3,(H2,42,49)(H,43,50)(H2,44,45,52)/t28?,29-,30+,32?,41?/m1/s1. The third-order valence-electron chi connectivity index (χ3n) is 15.6. The largest absolute Gasteiger partial charge is 0.372 e. The number of nitrogens with one attached hydrogen (secondary N) is 3. The smallest absolute Gasteiger partial charge is 0.315 e. The summed E-state index contributed by atoms with van der Waals surface area (Å²) in [5.74, 6) is -1.93. The van der Waals surface area contributed by atoms with Crippen LogP contribution in [0, 0.1) is 33.5 Å². The molecule has 2 heterocycles. The number of hydrogen-bond donors (Lipinski definition) is 4. The van der Waals surface area contributed by atoms with Crippen LogP contribution in [0.3, 0.4) is 0 Å². The number of hydrogen-bond acceptors (Lipinski definition) is 7. The third-order valence-corrected chi connectivity index (χ3v) is 15.6. The van der Waals surface area contributed by atoms with Crippen molar-refractivity contribution in [2.24, 2.45) is 39.2 Å². The zero-order valence-corrected chi connectivity index (χ0v) is 33.0. The average molecular weight is 739 g/mol. The molecule has 3 spiro atoms. The van der Waals surface area contributed by atoms with E-state index in [-0.39, 0.29) is 45.7 Å². The first-order valence-corrected chi connectivity index (χ1v) is 20.9. The van der Waals surface area contributed by atoms with E-state index >= 15 is 0 Å². The van der Waals surface area contributed by atoms with E-state index < -0.39 is 41.1 Å². The van der Waals surface area contributed by atoms with E-state index in [4.69, 9.17) is 10.5 Å². The molecule has 0 radical (unpaired) electrons. The molecule has 5 saturated carbocycles. The number of ketones is 1. The maximum Gasteiger partial charge on any atom is 0.315 e. The lowest BCUT2D eigenvalue weighted by Crippen LogP contribution is -2.61. The Morgan fingerprint density at radius 2 is 1.55 bits per heavy atom. The van der Waals surface area contributed by atoms with E-state index in [1.807, 2.05) is 20.8 Å². The number of ether oxygens (including phenoxy) is 1. The molecule has 296 valence electrons. The highest BCUT2D eigenvalue weighted by Crippen LogP contribution is 2.88. The first-order valence-electron chi connectivity index (χ1n) is 20.9. The first kappa shape index (κ1) is 38.5. The average Bonchev–Trinajstić information content (AvgIpc) is 3.81. The molecular weight excluding hydrogens is 672 g/mol. The predicted octanol–water partition coefficient (Wildman–Crippen LogP) is 4.04. The van der Waals surface area contributed by atoms with Gasteiger partial charge in [-0.15, -0.1) is 0 Å². The maximum absolute atomic E-state index is 15.0. The number of Topliss-reactive ketones (excluding diaryl/α,β-unsaturated/α-hetero) is 1. The molecule has 2 saturated heterocycles. The fourth-order valence-corrected chi connectivity index (χ4v) is 11.6. The van der Waals surface area contributed by atoms with Crippen molar-refractivity contribution in [1.82, 2.24) is 25.8 Å². The molecule has 12 nitrogen and oxygen atoms in total. The van der Waals surface area contributed by atoms with Crippen LogP contribution in [0.2, 0.25) is 0 Å². The van der Waals surface area contributed by atoms with Gasteiger partial charge in [-0.05, 0) is 79.4 Å². The van der Waals surface area contributed by atoms with E-state index in [0.29, 0.717) is 31.9 Å². The Bertz CT molecular complexity index is 1460. The summed E-state index contributed by atoms with van der Waals surface area (Å²) in [6.45, 7) is 14.0. The fourth-order valence-electron chi connectivity index (χ4n) is 11.6. The minimum absolute atomic E-state index is 0.00413. The van der Waals surface area contributed by atoms with Gasteiger partial charge in [-0.25, -0.2) is 4.79 Å². The normalized spacial score (nSPS) is 30.5. The molecule has 5 atom stereocenters. The van der Waals surface area contributed by atoms with Gasteiger partial charge in [0.05, 0.1) is 18.2 Å². The molecule has 7 rings (SSSR count). The van der Waals surface area contributed by atoms with Crippen LogP contribution >= 0.6 is 0 Å². The van der Waals surface area contributed by atoms with Gasteiger partial charge in [-0.2, -0.15) is 0 Å². The van der Waals surface area contributed by atoms with Crippen molar-refractivity contribution in [1.29, 1.82) is 0 Å². The van der Waals surface area contributed by atoms with Crippen LogP contribution in [0.5, 0.6) is 0 Å². The van der Waals surface area contributed by atoms with Crippen LogP contribution in [-0.2, 0) is 23.9 Å².